The van der Waals surface area contributed by atoms with Crippen molar-refractivity contribution in [2.24, 2.45) is 0 Å². The van der Waals surface area contributed by atoms with Crippen LogP contribution in [0.25, 0.3) is 0 Å². The van der Waals surface area contributed by atoms with E-state index in [9.17, 15) is 19.1 Å². The van der Waals surface area contributed by atoms with E-state index in [1.807, 2.05) is 0 Å². The van der Waals surface area contributed by atoms with E-state index in [0.717, 1.165) is 0 Å². The van der Waals surface area contributed by atoms with Crippen molar-refractivity contribution >= 4 is 22.6 Å². The molecule has 2 atom stereocenters. The van der Waals surface area contributed by atoms with Crippen LogP contribution < -0.4 is 0 Å². The summed E-state index contributed by atoms with van der Waals surface area (Å²) < 4.78 is 18.1. The summed E-state index contributed by atoms with van der Waals surface area (Å²) >= 11 is 0. The first-order valence-corrected chi connectivity index (χ1v) is 8.88. The zero-order chi connectivity index (χ0) is 17.9. The number of hydrogen-bond donors (Lipinski definition) is 0. The van der Waals surface area contributed by atoms with E-state index in [0.29, 0.717) is 19.4 Å². The molecule has 1 aromatic rings. The standard InChI is InChI=1S/C15H21N3O5S/c1-15(2,3)23-14(19)17-9-5-6-11(10-17)24(22)13-12(18(20)21)7-4-8-16-13/h4,7-8,11H,5-6,9-10H2,1-3H3/t11-,24-/m1/s1. The average Bonchev–Trinajstić information content (AvgIpc) is 2.52. The lowest BCUT2D eigenvalue weighted by atomic mass is 10.1. The summed E-state index contributed by atoms with van der Waals surface area (Å²) in [6.45, 7) is 6.09. The highest BCUT2D eigenvalue weighted by Crippen LogP contribution is 2.26. The smallest absolute Gasteiger partial charge is 0.410 e. The maximum atomic E-state index is 12.7. The number of piperidine rings is 1. The van der Waals surface area contributed by atoms with Gasteiger partial charge in [0.05, 0.1) is 21.0 Å². The second-order valence-corrected chi connectivity index (χ2v) is 8.22. The molecule has 1 aliphatic rings. The fraction of sp³-hybridized carbons (Fsp3) is 0.600. The summed E-state index contributed by atoms with van der Waals surface area (Å²) in [5.74, 6) is 0. The highest BCUT2D eigenvalue weighted by Gasteiger charge is 2.33. The van der Waals surface area contributed by atoms with Gasteiger partial charge in [-0.3, -0.25) is 14.3 Å². The monoisotopic (exact) mass is 355 g/mol. The number of carbonyl (C=O) groups is 1. The number of amides is 1. The Morgan fingerprint density at radius 3 is 2.83 bits per heavy atom. The fourth-order valence-corrected chi connectivity index (χ4v) is 3.96. The lowest BCUT2D eigenvalue weighted by molar-refractivity contribution is -0.388. The first kappa shape index (κ1) is 18.3. The van der Waals surface area contributed by atoms with Gasteiger partial charge in [0.25, 0.3) is 0 Å². The van der Waals surface area contributed by atoms with Gasteiger partial charge in [-0.15, -0.1) is 0 Å². The number of nitrogens with zero attached hydrogens (tertiary/aromatic N) is 3. The van der Waals surface area contributed by atoms with E-state index in [4.69, 9.17) is 4.74 Å². The van der Waals surface area contributed by atoms with E-state index in [-0.39, 0.29) is 17.3 Å². The SMILES string of the molecule is CC(C)(C)OC(=O)N1CCC[C@@H]([S@@](=O)c2ncccc2[N+](=O)[O-])C1. The van der Waals surface area contributed by atoms with Crippen molar-refractivity contribution in [3.05, 3.63) is 28.4 Å². The Morgan fingerprint density at radius 2 is 2.21 bits per heavy atom. The number of carbonyl (C=O) groups excluding carboxylic acids is 1. The van der Waals surface area contributed by atoms with E-state index in [1.165, 1.54) is 23.2 Å². The number of hydrogen-bond acceptors (Lipinski definition) is 6. The molecule has 0 saturated carbocycles. The van der Waals surface area contributed by atoms with Crippen LogP contribution in [-0.2, 0) is 15.5 Å². The second kappa shape index (κ2) is 7.25. The Balaban J connectivity index is 2.14. The molecule has 1 saturated heterocycles. The maximum Gasteiger partial charge on any atom is 0.410 e. The van der Waals surface area contributed by atoms with Crippen molar-refractivity contribution in [3.8, 4) is 0 Å². The van der Waals surface area contributed by atoms with Gasteiger partial charge >= 0.3 is 11.8 Å². The molecule has 0 bridgehead atoms. The third kappa shape index (κ3) is 4.50. The van der Waals surface area contributed by atoms with Crippen molar-refractivity contribution < 1.29 is 18.7 Å². The van der Waals surface area contributed by atoms with Crippen LogP contribution in [0.3, 0.4) is 0 Å². The second-order valence-electron chi connectivity index (χ2n) is 6.57. The number of pyridine rings is 1. The van der Waals surface area contributed by atoms with Gasteiger partial charge in [0, 0.05) is 25.4 Å². The summed E-state index contributed by atoms with van der Waals surface area (Å²) in [6.07, 6.45) is 2.20. The normalized spacial score (nSPS) is 19.6. The van der Waals surface area contributed by atoms with Crippen molar-refractivity contribution in [1.29, 1.82) is 0 Å². The predicted molar refractivity (Wildman–Crippen MR) is 88.1 cm³/mol. The van der Waals surface area contributed by atoms with E-state index >= 15 is 0 Å². The van der Waals surface area contributed by atoms with Gasteiger partial charge in [-0.25, -0.2) is 9.78 Å². The molecule has 1 aliphatic heterocycles. The quantitative estimate of drug-likeness (QED) is 0.609. The zero-order valence-corrected chi connectivity index (χ0v) is 14.7. The Bertz CT molecular complexity index is 659. The average molecular weight is 355 g/mol. The molecule has 9 heteroatoms. The van der Waals surface area contributed by atoms with E-state index in [2.05, 4.69) is 4.98 Å². The van der Waals surface area contributed by atoms with Crippen LogP contribution in [0.1, 0.15) is 33.6 Å². The Kier molecular flexibility index (Phi) is 5.53. The van der Waals surface area contributed by atoms with Gasteiger partial charge in [0.2, 0.25) is 5.03 Å². The lowest BCUT2D eigenvalue weighted by Gasteiger charge is -2.33. The Morgan fingerprint density at radius 1 is 1.50 bits per heavy atom. The van der Waals surface area contributed by atoms with Crippen LogP contribution in [0.4, 0.5) is 10.5 Å². The molecule has 24 heavy (non-hydrogen) atoms. The van der Waals surface area contributed by atoms with Crippen LogP contribution in [0.5, 0.6) is 0 Å². The van der Waals surface area contributed by atoms with Crippen molar-refractivity contribution in [2.75, 3.05) is 13.1 Å². The molecular formula is C15H21N3O5S. The Hall–Kier alpha value is -2.03. The van der Waals surface area contributed by atoms with Crippen LogP contribution in [0, 0.1) is 10.1 Å². The highest BCUT2D eigenvalue weighted by atomic mass is 32.2. The van der Waals surface area contributed by atoms with Gasteiger partial charge in [0.1, 0.15) is 5.60 Å². The molecule has 1 aromatic heterocycles. The number of aromatic nitrogens is 1. The predicted octanol–water partition coefficient (Wildman–Crippen LogP) is 2.50. The van der Waals surface area contributed by atoms with E-state index < -0.39 is 32.7 Å². The van der Waals surface area contributed by atoms with Crippen molar-refractivity contribution in [1.82, 2.24) is 9.88 Å². The molecule has 0 unspecified atom stereocenters. The maximum absolute atomic E-state index is 12.7. The number of ether oxygens (including phenoxy) is 1. The first-order valence-electron chi connectivity index (χ1n) is 7.67. The van der Waals surface area contributed by atoms with Gasteiger partial charge < -0.3 is 9.64 Å². The third-order valence-electron chi connectivity index (χ3n) is 3.47. The van der Waals surface area contributed by atoms with Crippen molar-refractivity contribution in [2.45, 2.75) is 49.5 Å². The molecule has 0 N–H and O–H groups in total. The number of nitro groups is 1. The molecule has 2 rings (SSSR count). The molecule has 1 fully saturated rings. The topological polar surface area (TPSA) is 103 Å². The molecule has 0 aromatic carbocycles. The largest absolute Gasteiger partial charge is 0.444 e. The summed E-state index contributed by atoms with van der Waals surface area (Å²) in [4.78, 5) is 28.1. The van der Waals surface area contributed by atoms with Crippen LogP contribution in [0.15, 0.2) is 23.4 Å². The summed E-state index contributed by atoms with van der Waals surface area (Å²) in [5.41, 5.74) is -0.867. The van der Waals surface area contributed by atoms with Gasteiger partial charge in [0.15, 0.2) is 0 Å². The number of likely N-dealkylation sites (tertiary alicyclic amines) is 1. The first-order chi connectivity index (χ1) is 11.2. The van der Waals surface area contributed by atoms with Gasteiger partial charge in [-0.2, -0.15) is 0 Å². The summed E-state index contributed by atoms with van der Waals surface area (Å²) in [5, 5.41) is 10.6. The lowest BCUT2D eigenvalue weighted by Crippen LogP contribution is -2.46. The highest BCUT2D eigenvalue weighted by molar-refractivity contribution is 7.85. The van der Waals surface area contributed by atoms with E-state index in [1.54, 1.807) is 20.8 Å². The van der Waals surface area contributed by atoms with Gasteiger partial charge in [-0.1, -0.05) is 0 Å². The minimum atomic E-state index is -1.66. The van der Waals surface area contributed by atoms with Gasteiger partial charge in [-0.05, 0) is 39.7 Å². The summed E-state index contributed by atoms with van der Waals surface area (Å²) in [7, 11) is -1.66. The minimum absolute atomic E-state index is 0.0430. The molecule has 0 aliphatic carbocycles. The summed E-state index contributed by atoms with van der Waals surface area (Å²) in [6, 6.07) is 2.72. The Labute approximate surface area is 142 Å². The third-order valence-corrected chi connectivity index (χ3v) is 5.16. The number of rotatable bonds is 3. The minimum Gasteiger partial charge on any atom is -0.444 e. The zero-order valence-electron chi connectivity index (χ0n) is 13.9. The molecule has 2 heterocycles. The molecule has 0 radical (unpaired) electrons. The molecular weight excluding hydrogens is 334 g/mol. The molecule has 8 nitrogen and oxygen atoms in total. The molecule has 1 amide bonds. The van der Waals surface area contributed by atoms with Crippen LogP contribution in [0.2, 0.25) is 0 Å². The van der Waals surface area contributed by atoms with Crippen LogP contribution >= 0.6 is 0 Å². The molecule has 0 spiro atoms. The van der Waals surface area contributed by atoms with Crippen LogP contribution in [-0.4, -0.2) is 49.0 Å². The van der Waals surface area contributed by atoms with Crippen molar-refractivity contribution in [3.63, 3.8) is 0 Å². The fourth-order valence-electron chi connectivity index (χ4n) is 2.44. The molecule has 132 valence electrons.